The van der Waals surface area contributed by atoms with Gasteiger partial charge in [0.1, 0.15) is 5.78 Å². The quantitative estimate of drug-likeness (QED) is 0.916. The normalized spacial score (nSPS) is 11.4. The predicted molar refractivity (Wildman–Crippen MR) is 62.3 cm³/mol. The lowest BCUT2D eigenvalue weighted by Crippen LogP contribution is -2.28. The first kappa shape index (κ1) is 13.4. The lowest BCUT2D eigenvalue weighted by atomic mass is 10.4. The third-order valence-electron chi connectivity index (χ3n) is 1.66. The minimum Gasteiger partial charge on any atom is -0.299 e. The van der Waals surface area contributed by atoms with Crippen LogP contribution in [0.25, 0.3) is 0 Å². The summed E-state index contributed by atoms with van der Waals surface area (Å²) in [5.41, 5.74) is 0. The van der Waals surface area contributed by atoms with Gasteiger partial charge in [-0.25, -0.2) is 13.1 Å². The van der Waals surface area contributed by atoms with Crippen molar-refractivity contribution >= 4 is 39.0 Å². The fourth-order valence-corrected chi connectivity index (χ4v) is 2.74. The van der Waals surface area contributed by atoms with E-state index in [1.807, 2.05) is 0 Å². The summed E-state index contributed by atoms with van der Waals surface area (Å²) >= 11 is 11.4. The van der Waals surface area contributed by atoms with Crippen LogP contribution in [-0.4, -0.2) is 20.7 Å². The van der Waals surface area contributed by atoms with Gasteiger partial charge in [-0.1, -0.05) is 23.2 Å². The van der Waals surface area contributed by atoms with Crippen molar-refractivity contribution in [1.29, 1.82) is 0 Å². The number of Topliss-reactive ketones (excluding diaryl/α,β-unsaturated/α-hetero) is 1. The molecule has 0 aliphatic carbocycles. The number of sulfonamides is 1. The number of halogens is 2. The maximum Gasteiger partial charge on any atom is 0.241 e. The van der Waals surface area contributed by atoms with E-state index in [1.54, 1.807) is 0 Å². The van der Waals surface area contributed by atoms with Crippen LogP contribution in [0.15, 0.2) is 23.1 Å². The third-order valence-corrected chi connectivity index (χ3v) is 3.47. The molecule has 0 amide bonds. The first-order valence-electron chi connectivity index (χ1n) is 4.26. The van der Waals surface area contributed by atoms with Crippen molar-refractivity contribution in [3.8, 4) is 0 Å². The largest absolute Gasteiger partial charge is 0.299 e. The molecule has 16 heavy (non-hydrogen) atoms. The van der Waals surface area contributed by atoms with E-state index in [-0.39, 0.29) is 27.3 Å². The number of rotatable bonds is 4. The summed E-state index contributed by atoms with van der Waals surface area (Å²) in [6, 6.07) is 3.94. The van der Waals surface area contributed by atoms with Gasteiger partial charge in [-0.2, -0.15) is 0 Å². The van der Waals surface area contributed by atoms with Crippen molar-refractivity contribution in [2.45, 2.75) is 11.8 Å². The van der Waals surface area contributed by atoms with E-state index in [9.17, 15) is 13.2 Å². The Hall–Kier alpha value is -0.620. The Morgan fingerprint density at radius 1 is 1.25 bits per heavy atom. The highest BCUT2D eigenvalue weighted by molar-refractivity contribution is 7.89. The van der Waals surface area contributed by atoms with E-state index in [1.165, 1.54) is 25.1 Å². The molecule has 0 unspecified atom stereocenters. The molecule has 0 bridgehead atoms. The zero-order chi connectivity index (χ0) is 12.3. The maximum absolute atomic E-state index is 11.7. The minimum absolute atomic E-state index is 0.0637. The van der Waals surface area contributed by atoms with Crippen molar-refractivity contribution in [1.82, 2.24) is 4.72 Å². The SMILES string of the molecule is CC(=O)CNS(=O)(=O)c1cc(Cl)cc(Cl)c1. The molecule has 7 heteroatoms. The number of carbonyl (C=O) groups is 1. The molecular formula is C9H9Cl2NO3S. The molecule has 1 N–H and O–H groups in total. The smallest absolute Gasteiger partial charge is 0.241 e. The summed E-state index contributed by atoms with van der Waals surface area (Å²) in [4.78, 5) is 10.6. The zero-order valence-electron chi connectivity index (χ0n) is 8.33. The van der Waals surface area contributed by atoms with Gasteiger partial charge in [0.15, 0.2) is 0 Å². The van der Waals surface area contributed by atoms with Gasteiger partial charge in [0.2, 0.25) is 10.0 Å². The van der Waals surface area contributed by atoms with Crippen molar-refractivity contribution in [2.75, 3.05) is 6.54 Å². The Labute approximate surface area is 104 Å². The monoisotopic (exact) mass is 281 g/mol. The molecule has 4 nitrogen and oxygen atoms in total. The van der Waals surface area contributed by atoms with Gasteiger partial charge in [-0.05, 0) is 25.1 Å². The zero-order valence-corrected chi connectivity index (χ0v) is 10.7. The standard InChI is InChI=1S/C9H9Cl2NO3S/c1-6(13)5-12-16(14,15)9-3-7(10)2-8(11)4-9/h2-4,12H,5H2,1H3. The summed E-state index contributed by atoms with van der Waals surface area (Å²) in [5, 5.41) is 0.436. The van der Waals surface area contributed by atoms with Crippen LogP contribution in [0.5, 0.6) is 0 Å². The van der Waals surface area contributed by atoms with Crippen molar-refractivity contribution < 1.29 is 13.2 Å². The minimum atomic E-state index is -3.74. The average molecular weight is 282 g/mol. The van der Waals surface area contributed by atoms with Gasteiger partial charge in [0, 0.05) is 10.0 Å². The molecule has 0 heterocycles. The summed E-state index contributed by atoms with van der Waals surface area (Å²) in [6.07, 6.45) is 0. The average Bonchev–Trinajstić information content (AvgIpc) is 2.13. The lowest BCUT2D eigenvalue weighted by Gasteiger charge is -2.05. The van der Waals surface area contributed by atoms with Crippen LogP contribution < -0.4 is 4.72 Å². The number of carbonyl (C=O) groups excluding carboxylic acids is 1. The van der Waals surface area contributed by atoms with Gasteiger partial charge in [0.25, 0.3) is 0 Å². The number of hydrogen-bond donors (Lipinski definition) is 1. The van der Waals surface area contributed by atoms with Gasteiger partial charge >= 0.3 is 0 Å². The van der Waals surface area contributed by atoms with Gasteiger partial charge in [0.05, 0.1) is 11.4 Å². The molecule has 1 aromatic carbocycles. The topological polar surface area (TPSA) is 63.2 Å². The highest BCUT2D eigenvalue weighted by atomic mass is 35.5. The van der Waals surface area contributed by atoms with E-state index in [0.717, 1.165) is 0 Å². The number of benzene rings is 1. The van der Waals surface area contributed by atoms with Crippen LogP contribution in [0.2, 0.25) is 10.0 Å². The van der Waals surface area contributed by atoms with Crippen LogP contribution in [0.1, 0.15) is 6.92 Å². The first-order valence-corrected chi connectivity index (χ1v) is 6.50. The predicted octanol–water partition coefficient (Wildman–Crippen LogP) is 1.86. The molecule has 0 spiro atoms. The number of hydrogen-bond acceptors (Lipinski definition) is 3. The van der Waals surface area contributed by atoms with Gasteiger partial charge in [-0.15, -0.1) is 0 Å². The van der Waals surface area contributed by atoms with Crippen molar-refractivity contribution in [2.24, 2.45) is 0 Å². The van der Waals surface area contributed by atoms with Crippen molar-refractivity contribution in [3.05, 3.63) is 28.2 Å². The Morgan fingerprint density at radius 3 is 2.19 bits per heavy atom. The molecule has 0 fully saturated rings. The Balaban J connectivity index is 3.02. The molecule has 88 valence electrons. The molecule has 0 radical (unpaired) electrons. The second kappa shape index (κ2) is 5.14. The number of ketones is 1. The maximum atomic E-state index is 11.7. The van der Waals surface area contributed by atoms with Crippen molar-refractivity contribution in [3.63, 3.8) is 0 Å². The van der Waals surface area contributed by atoms with Crippen LogP contribution in [-0.2, 0) is 14.8 Å². The van der Waals surface area contributed by atoms with Gasteiger partial charge in [-0.3, -0.25) is 4.79 Å². The fourth-order valence-electron chi connectivity index (χ4n) is 0.964. The molecule has 0 aliphatic rings. The van der Waals surface area contributed by atoms with E-state index in [4.69, 9.17) is 23.2 Å². The summed E-state index contributed by atoms with van der Waals surface area (Å²) in [6.45, 7) is 1.03. The Bertz CT molecular complexity index is 493. The first-order chi connectivity index (χ1) is 7.31. The highest BCUT2D eigenvalue weighted by Crippen LogP contribution is 2.21. The van der Waals surface area contributed by atoms with E-state index < -0.39 is 10.0 Å². The molecule has 0 aromatic heterocycles. The summed E-state index contributed by atoms with van der Waals surface area (Å²) < 4.78 is 25.5. The fraction of sp³-hybridized carbons (Fsp3) is 0.222. The molecule has 0 saturated heterocycles. The third kappa shape index (κ3) is 3.75. The lowest BCUT2D eigenvalue weighted by molar-refractivity contribution is -0.115. The molecular weight excluding hydrogens is 273 g/mol. The Morgan fingerprint density at radius 2 is 1.75 bits per heavy atom. The van der Waals surface area contributed by atoms with E-state index in [0.29, 0.717) is 0 Å². The molecule has 0 saturated carbocycles. The van der Waals surface area contributed by atoms with Crippen LogP contribution in [0.3, 0.4) is 0 Å². The van der Waals surface area contributed by atoms with Crippen LogP contribution in [0, 0.1) is 0 Å². The summed E-state index contributed by atoms with van der Waals surface area (Å²) in [5.74, 6) is -0.281. The molecule has 0 atom stereocenters. The van der Waals surface area contributed by atoms with Gasteiger partial charge < -0.3 is 0 Å². The highest BCUT2D eigenvalue weighted by Gasteiger charge is 2.15. The van der Waals surface area contributed by atoms with E-state index >= 15 is 0 Å². The second-order valence-electron chi connectivity index (χ2n) is 3.13. The second-order valence-corrected chi connectivity index (χ2v) is 5.77. The van der Waals surface area contributed by atoms with Crippen LogP contribution in [0.4, 0.5) is 0 Å². The van der Waals surface area contributed by atoms with E-state index in [2.05, 4.69) is 4.72 Å². The molecule has 0 aliphatic heterocycles. The van der Waals surface area contributed by atoms with Crippen LogP contribution >= 0.6 is 23.2 Å². The number of nitrogens with one attached hydrogen (secondary N) is 1. The summed E-state index contributed by atoms with van der Waals surface area (Å²) in [7, 11) is -3.74. The Kier molecular flexibility index (Phi) is 4.32. The molecule has 1 rings (SSSR count). The molecule has 1 aromatic rings.